The van der Waals surface area contributed by atoms with Gasteiger partial charge in [-0.25, -0.2) is 0 Å². The number of aliphatic carboxylic acids is 1. The topological polar surface area (TPSA) is 49.8 Å². The van der Waals surface area contributed by atoms with Crippen molar-refractivity contribution < 1.29 is 14.6 Å². The first-order valence-corrected chi connectivity index (χ1v) is 8.09. The van der Waals surface area contributed by atoms with Gasteiger partial charge in [-0.1, -0.05) is 13.8 Å². The van der Waals surface area contributed by atoms with Crippen LogP contribution in [0, 0.1) is 5.92 Å². The van der Waals surface area contributed by atoms with Crippen LogP contribution < -0.4 is 0 Å². The zero-order valence-electron chi connectivity index (χ0n) is 12.2. The predicted octanol–water partition coefficient (Wildman–Crippen LogP) is 2.62. The van der Waals surface area contributed by atoms with Gasteiger partial charge in [0, 0.05) is 22.3 Å². The average molecular weight is 297 g/mol. The van der Waals surface area contributed by atoms with Crippen LogP contribution in [-0.4, -0.2) is 41.8 Å². The zero-order valence-corrected chi connectivity index (χ0v) is 13.0. The van der Waals surface area contributed by atoms with Crippen LogP contribution >= 0.6 is 11.3 Å². The van der Waals surface area contributed by atoms with Crippen LogP contribution in [0.2, 0.25) is 0 Å². The minimum atomic E-state index is -0.742. The van der Waals surface area contributed by atoms with E-state index in [1.54, 1.807) is 0 Å². The van der Waals surface area contributed by atoms with Crippen molar-refractivity contribution in [2.24, 2.45) is 5.92 Å². The first-order valence-electron chi connectivity index (χ1n) is 7.27. The molecule has 2 atom stereocenters. The molecule has 4 nitrogen and oxygen atoms in total. The molecule has 0 bridgehead atoms. The Morgan fingerprint density at radius 3 is 2.75 bits per heavy atom. The van der Waals surface area contributed by atoms with E-state index in [2.05, 4.69) is 30.9 Å². The minimum absolute atomic E-state index is 0.000346. The van der Waals surface area contributed by atoms with E-state index in [9.17, 15) is 9.90 Å². The molecule has 20 heavy (non-hydrogen) atoms. The molecule has 1 N–H and O–H groups in total. The number of hydrogen-bond donors (Lipinski definition) is 1. The molecule has 2 unspecified atom stereocenters. The predicted molar refractivity (Wildman–Crippen MR) is 80.1 cm³/mol. The molecule has 112 valence electrons. The standard InChI is InChI=1S/C15H23NO3S/c1-3-7-16(8-12-6-5-11(4-2)20-12)14-10-19-9-13(14)15(17)18/h5-6,13-14H,3-4,7-10H2,1-2H3,(H,17,18). The molecule has 2 rings (SSSR count). The van der Waals surface area contributed by atoms with Gasteiger partial charge in [0.05, 0.1) is 19.1 Å². The molecular weight excluding hydrogens is 274 g/mol. The fourth-order valence-corrected chi connectivity index (χ4v) is 3.67. The summed E-state index contributed by atoms with van der Waals surface area (Å²) in [5.74, 6) is -1.14. The number of hydrogen-bond acceptors (Lipinski definition) is 4. The minimum Gasteiger partial charge on any atom is -0.481 e. The van der Waals surface area contributed by atoms with Crippen LogP contribution in [0.25, 0.3) is 0 Å². The molecule has 0 saturated carbocycles. The molecule has 1 saturated heterocycles. The van der Waals surface area contributed by atoms with E-state index in [1.807, 2.05) is 11.3 Å². The van der Waals surface area contributed by atoms with Crippen LogP contribution in [0.3, 0.4) is 0 Å². The van der Waals surface area contributed by atoms with Crippen LogP contribution in [0.4, 0.5) is 0 Å². The van der Waals surface area contributed by atoms with Crippen molar-refractivity contribution >= 4 is 17.3 Å². The van der Waals surface area contributed by atoms with Gasteiger partial charge in [-0.15, -0.1) is 11.3 Å². The van der Waals surface area contributed by atoms with E-state index in [4.69, 9.17) is 4.74 Å². The van der Waals surface area contributed by atoms with Crippen molar-refractivity contribution in [1.29, 1.82) is 0 Å². The lowest BCUT2D eigenvalue weighted by atomic mass is 10.0. The van der Waals surface area contributed by atoms with E-state index in [1.165, 1.54) is 9.75 Å². The van der Waals surface area contributed by atoms with Crippen molar-refractivity contribution in [2.45, 2.75) is 39.3 Å². The Labute approximate surface area is 124 Å². The molecule has 1 aromatic rings. The second-order valence-electron chi connectivity index (χ2n) is 5.24. The smallest absolute Gasteiger partial charge is 0.310 e. The molecule has 1 aromatic heterocycles. The maximum atomic E-state index is 11.3. The first-order chi connectivity index (χ1) is 9.65. The third-order valence-corrected chi connectivity index (χ3v) is 4.99. The first kappa shape index (κ1) is 15.5. The van der Waals surface area contributed by atoms with Crippen molar-refractivity contribution in [3.63, 3.8) is 0 Å². The summed E-state index contributed by atoms with van der Waals surface area (Å²) in [6, 6.07) is 4.33. The van der Waals surface area contributed by atoms with Crippen LogP contribution in [-0.2, 0) is 22.5 Å². The van der Waals surface area contributed by atoms with E-state index in [-0.39, 0.29) is 6.04 Å². The van der Waals surface area contributed by atoms with Gasteiger partial charge in [0.1, 0.15) is 0 Å². The maximum absolute atomic E-state index is 11.3. The molecule has 0 spiro atoms. The summed E-state index contributed by atoms with van der Waals surface area (Å²) in [6.45, 7) is 6.90. The summed E-state index contributed by atoms with van der Waals surface area (Å²) in [6.07, 6.45) is 2.08. The van der Waals surface area contributed by atoms with Gasteiger partial charge in [0.15, 0.2) is 0 Å². The number of aryl methyl sites for hydroxylation is 1. The van der Waals surface area contributed by atoms with Gasteiger partial charge in [-0.2, -0.15) is 0 Å². The summed E-state index contributed by atoms with van der Waals surface area (Å²) >= 11 is 1.83. The second-order valence-corrected chi connectivity index (χ2v) is 6.49. The van der Waals surface area contributed by atoms with Crippen molar-refractivity contribution in [3.8, 4) is 0 Å². The third-order valence-electron chi connectivity index (χ3n) is 3.77. The number of carboxylic acid groups (broad SMARTS) is 1. The molecule has 1 fully saturated rings. The third kappa shape index (κ3) is 3.59. The largest absolute Gasteiger partial charge is 0.481 e. The van der Waals surface area contributed by atoms with Crippen molar-refractivity contribution in [3.05, 3.63) is 21.9 Å². The highest BCUT2D eigenvalue weighted by Gasteiger charge is 2.37. The Morgan fingerprint density at radius 2 is 2.15 bits per heavy atom. The van der Waals surface area contributed by atoms with Crippen molar-refractivity contribution in [2.75, 3.05) is 19.8 Å². The molecule has 0 radical (unpaired) electrons. The van der Waals surface area contributed by atoms with E-state index in [0.29, 0.717) is 13.2 Å². The number of rotatable bonds is 7. The van der Waals surface area contributed by atoms with Gasteiger partial charge >= 0.3 is 5.97 Å². The van der Waals surface area contributed by atoms with Gasteiger partial charge in [-0.05, 0) is 31.5 Å². The number of carboxylic acids is 1. The summed E-state index contributed by atoms with van der Waals surface area (Å²) in [5, 5.41) is 9.30. The summed E-state index contributed by atoms with van der Waals surface area (Å²) < 4.78 is 5.40. The monoisotopic (exact) mass is 297 g/mol. The van der Waals surface area contributed by atoms with Crippen LogP contribution in [0.15, 0.2) is 12.1 Å². The molecule has 5 heteroatoms. The molecular formula is C15H23NO3S. The van der Waals surface area contributed by atoms with Crippen molar-refractivity contribution in [1.82, 2.24) is 4.90 Å². The number of thiophene rings is 1. The lowest BCUT2D eigenvalue weighted by molar-refractivity contribution is -0.143. The lowest BCUT2D eigenvalue weighted by Gasteiger charge is -2.29. The van der Waals surface area contributed by atoms with Gasteiger partial charge < -0.3 is 9.84 Å². The fraction of sp³-hybridized carbons (Fsp3) is 0.667. The van der Waals surface area contributed by atoms with Gasteiger partial charge in [0.2, 0.25) is 0 Å². The Kier molecular flexibility index (Phi) is 5.57. The number of ether oxygens (including phenoxy) is 1. The highest BCUT2D eigenvalue weighted by molar-refractivity contribution is 7.11. The molecule has 0 aliphatic carbocycles. The van der Waals surface area contributed by atoms with Crippen LogP contribution in [0.5, 0.6) is 0 Å². The summed E-state index contributed by atoms with van der Waals surface area (Å²) in [5.41, 5.74) is 0. The lowest BCUT2D eigenvalue weighted by Crippen LogP contribution is -2.43. The van der Waals surface area contributed by atoms with E-state index < -0.39 is 11.9 Å². The fourth-order valence-electron chi connectivity index (χ4n) is 2.69. The normalized spacial score (nSPS) is 22.6. The Balaban J connectivity index is 2.07. The molecule has 0 aromatic carbocycles. The summed E-state index contributed by atoms with van der Waals surface area (Å²) in [4.78, 5) is 16.3. The molecule has 1 aliphatic rings. The van der Waals surface area contributed by atoms with Gasteiger partial charge in [-0.3, -0.25) is 9.69 Å². The molecule has 2 heterocycles. The Hall–Kier alpha value is -0.910. The van der Waals surface area contributed by atoms with E-state index in [0.717, 1.165) is 25.9 Å². The zero-order chi connectivity index (χ0) is 14.5. The van der Waals surface area contributed by atoms with Gasteiger partial charge in [0.25, 0.3) is 0 Å². The average Bonchev–Trinajstić information content (AvgIpc) is 3.06. The van der Waals surface area contributed by atoms with E-state index >= 15 is 0 Å². The Morgan fingerprint density at radius 1 is 1.40 bits per heavy atom. The summed E-state index contributed by atoms with van der Waals surface area (Å²) in [7, 11) is 0. The second kappa shape index (κ2) is 7.20. The quantitative estimate of drug-likeness (QED) is 0.840. The maximum Gasteiger partial charge on any atom is 0.310 e. The number of carbonyl (C=O) groups is 1. The number of nitrogens with zero attached hydrogens (tertiary/aromatic N) is 1. The molecule has 0 amide bonds. The molecule has 1 aliphatic heterocycles. The highest BCUT2D eigenvalue weighted by Crippen LogP contribution is 2.25. The Bertz CT molecular complexity index is 446. The SMILES string of the molecule is CCCN(Cc1ccc(CC)s1)C1COCC1C(=O)O. The highest BCUT2D eigenvalue weighted by atomic mass is 32.1. The van der Waals surface area contributed by atoms with Crippen LogP contribution in [0.1, 0.15) is 30.0 Å².